The first-order valence-electron chi connectivity index (χ1n) is 18.4. The highest BCUT2D eigenvalue weighted by Crippen LogP contribution is 2.63. The summed E-state index contributed by atoms with van der Waals surface area (Å²) in [7, 11) is -0.691. The van der Waals surface area contributed by atoms with Crippen LogP contribution in [0.1, 0.15) is 83.9 Å². The second kappa shape index (κ2) is 14.4. The largest absolute Gasteiger partial charge is 0.496 e. The Morgan fingerprint density at radius 1 is 0.962 bits per heavy atom. The number of fused-ring (bicyclic) bond motifs is 2. The van der Waals surface area contributed by atoms with Gasteiger partial charge >= 0.3 is 5.97 Å². The fourth-order valence-corrected chi connectivity index (χ4v) is 9.37. The summed E-state index contributed by atoms with van der Waals surface area (Å²) in [6.07, 6.45) is 0.399. The molecule has 1 N–H and O–H groups in total. The van der Waals surface area contributed by atoms with Crippen molar-refractivity contribution in [3.05, 3.63) is 76.6 Å². The molecule has 0 radical (unpaired) electrons. The summed E-state index contributed by atoms with van der Waals surface area (Å²) in [5.74, 6) is -2.95. The molecule has 3 aliphatic heterocycles. The molecule has 2 fully saturated rings. The number of carbonyl (C=O) groups is 1. The number of benzene rings is 2. The van der Waals surface area contributed by atoms with Crippen molar-refractivity contribution in [3.63, 3.8) is 0 Å². The molecule has 0 aromatic heterocycles. The number of esters is 1. The van der Waals surface area contributed by atoms with Crippen LogP contribution in [0.4, 0.5) is 0 Å². The number of rotatable bonds is 11. The molecule has 0 saturated carbocycles. The SMILES string of the molecule is COc1cccc2c1C1(OCCO1)[C@@H](OCOCc1ccccc1)[C@@]1(CCCCO1)[C@]2(O)C1=C(CC(C)O[Si](C)(C)C(C)(C)C)OC(C)(C)OC1=O. The number of hydrogen-bond donors (Lipinski definition) is 1. The average Bonchev–Trinajstić information content (AvgIpc) is 3.56. The molecule has 2 aromatic carbocycles. The highest BCUT2D eigenvalue weighted by atomic mass is 28.4. The molecule has 2 spiro atoms. The van der Waals surface area contributed by atoms with Crippen molar-refractivity contribution >= 4 is 14.3 Å². The molecule has 4 aliphatic rings. The number of aliphatic hydroxyl groups is 1. The predicted molar refractivity (Wildman–Crippen MR) is 195 cm³/mol. The molecule has 4 atom stereocenters. The van der Waals surface area contributed by atoms with Gasteiger partial charge in [-0.2, -0.15) is 0 Å². The third kappa shape index (κ3) is 6.74. The second-order valence-corrected chi connectivity index (χ2v) is 21.0. The summed E-state index contributed by atoms with van der Waals surface area (Å²) in [5.41, 5.74) is -2.19. The lowest BCUT2D eigenvalue weighted by molar-refractivity contribution is -0.358. The van der Waals surface area contributed by atoms with E-state index in [9.17, 15) is 9.90 Å². The lowest BCUT2D eigenvalue weighted by atomic mass is 9.58. The van der Waals surface area contributed by atoms with E-state index in [-0.39, 0.29) is 62.1 Å². The minimum absolute atomic E-state index is 0.0517. The number of carbonyl (C=O) groups excluding carboxylic acids is 1. The molecule has 0 bridgehead atoms. The van der Waals surface area contributed by atoms with E-state index in [2.05, 4.69) is 33.9 Å². The number of methoxy groups -OCH3 is 1. The van der Waals surface area contributed by atoms with E-state index in [0.29, 0.717) is 29.7 Å². The Morgan fingerprint density at radius 3 is 2.31 bits per heavy atom. The van der Waals surface area contributed by atoms with Crippen LogP contribution in [0.2, 0.25) is 18.1 Å². The summed E-state index contributed by atoms with van der Waals surface area (Å²) in [6, 6.07) is 15.1. The smallest absolute Gasteiger partial charge is 0.344 e. The Morgan fingerprint density at radius 2 is 1.67 bits per heavy atom. The molecule has 286 valence electrons. The van der Waals surface area contributed by atoms with Gasteiger partial charge in [0.25, 0.3) is 0 Å². The van der Waals surface area contributed by atoms with Gasteiger partial charge in [-0.15, -0.1) is 0 Å². The first kappa shape index (κ1) is 38.9. The first-order chi connectivity index (χ1) is 24.5. The van der Waals surface area contributed by atoms with Crippen molar-refractivity contribution in [1.82, 2.24) is 0 Å². The molecular weight excluding hydrogens is 685 g/mol. The maximum Gasteiger partial charge on any atom is 0.344 e. The normalized spacial score (nSPS) is 27.7. The maximum absolute atomic E-state index is 14.6. The molecular formula is C40H56O11Si. The van der Waals surface area contributed by atoms with E-state index in [1.54, 1.807) is 39.2 Å². The van der Waals surface area contributed by atoms with Gasteiger partial charge < -0.3 is 47.4 Å². The zero-order valence-corrected chi connectivity index (χ0v) is 33.2. The standard InChI is InChI=1S/C40H56O11Si/c1-27(51-52(8,9)36(2,3)4)24-31-33(34(41)50-37(5,6)49-31)39(42)29-18-15-19-30(43-7)32(29)40(47-22-23-48-40)35(38(39)20-13-14-21-46-38)45-26-44-25-28-16-11-10-12-17-28/h10-12,15-19,27,35,42H,13-14,20-26H2,1-9H3/t27?,35-,38-,39+/m0/s1. The highest BCUT2D eigenvalue weighted by Gasteiger charge is 2.75. The summed E-state index contributed by atoms with van der Waals surface area (Å²) in [6.45, 7) is 17.2. The van der Waals surface area contributed by atoms with Gasteiger partial charge in [0.1, 0.15) is 29.5 Å². The molecule has 0 amide bonds. The monoisotopic (exact) mass is 740 g/mol. The van der Waals surface area contributed by atoms with Crippen LogP contribution >= 0.6 is 0 Å². The van der Waals surface area contributed by atoms with Gasteiger partial charge in [0.15, 0.2) is 20.0 Å². The third-order valence-electron chi connectivity index (χ3n) is 11.1. The second-order valence-electron chi connectivity index (χ2n) is 16.2. The molecule has 2 saturated heterocycles. The Kier molecular flexibility index (Phi) is 10.8. The van der Waals surface area contributed by atoms with Crippen LogP contribution in [0.15, 0.2) is 59.9 Å². The van der Waals surface area contributed by atoms with Crippen LogP contribution in [0.25, 0.3) is 0 Å². The fraction of sp³-hybridized carbons (Fsp3) is 0.625. The zero-order valence-electron chi connectivity index (χ0n) is 32.2. The Labute approximate surface area is 308 Å². The van der Waals surface area contributed by atoms with E-state index in [1.165, 1.54) is 0 Å². The highest BCUT2D eigenvalue weighted by molar-refractivity contribution is 6.74. The van der Waals surface area contributed by atoms with Gasteiger partial charge in [-0.1, -0.05) is 63.2 Å². The topological polar surface area (TPSA) is 120 Å². The maximum atomic E-state index is 14.6. The molecule has 12 heteroatoms. The van der Waals surface area contributed by atoms with Crippen molar-refractivity contribution in [3.8, 4) is 5.75 Å². The molecule has 3 heterocycles. The van der Waals surface area contributed by atoms with Gasteiger partial charge in [-0.3, -0.25) is 0 Å². The van der Waals surface area contributed by atoms with Crippen molar-refractivity contribution in [2.75, 3.05) is 33.7 Å². The van der Waals surface area contributed by atoms with Crippen LogP contribution < -0.4 is 4.74 Å². The van der Waals surface area contributed by atoms with E-state index in [1.807, 2.05) is 37.3 Å². The van der Waals surface area contributed by atoms with Crippen LogP contribution in [0.5, 0.6) is 5.75 Å². The van der Waals surface area contributed by atoms with Crippen molar-refractivity contribution in [1.29, 1.82) is 0 Å². The van der Waals surface area contributed by atoms with E-state index in [4.69, 9.17) is 42.3 Å². The third-order valence-corrected chi connectivity index (χ3v) is 15.7. The molecule has 2 aromatic rings. The zero-order chi connectivity index (χ0) is 37.6. The summed E-state index contributed by atoms with van der Waals surface area (Å²) in [5, 5.41) is 13.8. The van der Waals surface area contributed by atoms with Crippen LogP contribution in [-0.4, -0.2) is 76.7 Å². The molecule has 6 rings (SSSR count). The van der Waals surface area contributed by atoms with Crippen LogP contribution in [-0.2, 0) is 60.4 Å². The Balaban J connectivity index is 1.55. The average molecular weight is 741 g/mol. The lowest BCUT2D eigenvalue weighted by Crippen LogP contribution is -2.73. The lowest BCUT2D eigenvalue weighted by Gasteiger charge is -2.60. The number of hydrogen-bond acceptors (Lipinski definition) is 11. The van der Waals surface area contributed by atoms with Gasteiger partial charge in [0.05, 0.1) is 32.5 Å². The number of cyclic esters (lactones) is 1. The first-order valence-corrected chi connectivity index (χ1v) is 21.3. The minimum atomic E-state index is -2.24. The van der Waals surface area contributed by atoms with Crippen molar-refractivity contribution < 1.29 is 52.2 Å². The van der Waals surface area contributed by atoms with Gasteiger partial charge in [0.2, 0.25) is 11.6 Å². The summed E-state index contributed by atoms with van der Waals surface area (Å²) in [4.78, 5) is 14.6. The van der Waals surface area contributed by atoms with Crippen LogP contribution in [0, 0.1) is 0 Å². The minimum Gasteiger partial charge on any atom is -0.496 e. The van der Waals surface area contributed by atoms with Gasteiger partial charge in [0, 0.05) is 38.5 Å². The molecule has 52 heavy (non-hydrogen) atoms. The fourth-order valence-electron chi connectivity index (χ4n) is 7.92. The quantitative estimate of drug-likeness (QED) is 0.111. The van der Waals surface area contributed by atoms with E-state index >= 15 is 0 Å². The van der Waals surface area contributed by atoms with Crippen molar-refractivity contribution in [2.24, 2.45) is 0 Å². The summed E-state index contributed by atoms with van der Waals surface area (Å²) >= 11 is 0. The Hall–Kier alpha value is -2.81. The molecule has 1 aliphatic carbocycles. The van der Waals surface area contributed by atoms with Gasteiger partial charge in [-0.05, 0) is 55.9 Å². The predicted octanol–water partition coefficient (Wildman–Crippen LogP) is 6.96. The van der Waals surface area contributed by atoms with E-state index in [0.717, 1.165) is 12.0 Å². The Bertz CT molecular complexity index is 1620. The molecule has 11 nitrogen and oxygen atoms in total. The van der Waals surface area contributed by atoms with E-state index < -0.39 is 43.2 Å². The number of ether oxygens (including phenoxy) is 8. The van der Waals surface area contributed by atoms with Crippen LogP contribution in [0.3, 0.4) is 0 Å². The molecule has 1 unspecified atom stereocenters. The summed E-state index contributed by atoms with van der Waals surface area (Å²) < 4.78 is 58.0. The van der Waals surface area contributed by atoms with Gasteiger partial charge in [-0.25, -0.2) is 4.79 Å². The van der Waals surface area contributed by atoms with Crippen molar-refractivity contribution in [2.45, 2.75) is 127 Å².